The number of hydrogen-bond donors (Lipinski definition) is 2. The molecule has 0 aliphatic carbocycles. The van der Waals surface area contributed by atoms with Gasteiger partial charge in [0.25, 0.3) is 5.91 Å². The Bertz CT molecular complexity index is 1490. The number of amides is 1. The fourth-order valence-electron chi connectivity index (χ4n) is 4.47. The molecule has 0 bridgehead atoms. The first-order valence-electron chi connectivity index (χ1n) is 16.2. The molecule has 0 spiro atoms. The zero-order valence-electron chi connectivity index (χ0n) is 28.8. The summed E-state index contributed by atoms with van der Waals surface area (Å²) in [6, 6.07) is 22.8. The van der Waals surface area contributed by atoms with Crippen molar-refractivity contribution in [2.24, 2.45) is 5.73 Å². The first-order chi connectivity index (χ1) is 22.3. The largest absolute Gasteiger partial charge is 0.490 e. The zero-order chi connectivity index (χ0) is 34.5. The minimum atomic E-state index is -0.183. The lowest BCUT2D eigenvalue weighted by molar-refractivity contribution is 0.0950. The summed E-state index contributed by atoms with van der Waals surface area (Å²) >= 11 is 0. The average Bonchev–Trinajstić information content (AvgIpc) is 3.10. The number of nitrogens with zero attached hydrogens (tertiary/aromatic N) is 2. The lowest BCUT2D eigenvalue weighted by Gasteiger charge is -2.33. The summed E-state index contributed by atoms with van der Waals surface area (Å²) in [7, 11) is 0. The predicted molar refractivity (Wildman–Crippen MR) is 197 cm³/mol. The van der Waals surface area contributed by atoms with Gasteiger partial charge in [-0.3, -0.25) is 4.79 Å². The van der Waals surface area contributed by atoms with E-state index in [4.69, 9.17) is 15.7 Å². The number of hydrogen-bond acceptors (Lipinski definition) is 5. The van der Waals surface area contributed by atoms with Gasteiger partial charge in [-0.05, 0) is 65.1 Å². The number of benzene rings is 3. The number of nitrogens with one attached hydrogen (secondary N) is 1. The SMILES string of the molecule is C=C/C=C(\C(=C/C)CN1CCOc2cc(C(=O)NCc3ccc(C#N)cc3)ccc21)c1ccc(C(=C)N)cc1.CC.CC.CCC. The van der Waals surface area contributed by atoms with Crippen molar-refractivity contribution in [2.75, 3.05) is 24.6 Å². The third-order valence-electron chi connectivity index (χ3n) is 6.62. The van der Waals surface area contributed by atoms with Crippen LogP contribution in [-0.4, -0.2) is 25.6 Å². The number of nitriles is 1. The van der Waals surface area contributed by atoms with Crippen molar-refractivity contribution < 1.29 is 9.53 Å². The van der Waals surface area contributed by atoms with Gasteiger partial charge in [-0.15, -0.1) is 0 Å². The molecule has 1 heterocycles. The van der Waals surface area contributed by atoms with Crippen LogP contribution in [0.25, 0.3) is 11.3 Å². The number of carbonyl (C=O) groups excluding carboxylic acids is 1. The second-order valence-corrected chi connectivity index (χ2v) is 9.88. The molecule has 46 heavy (non-hydrogen) atoms. The number of ether oxygens (including phenoxy) is 1. The summed E-state index contributed by atoms with van der Waals surface area (Å²) in [6.07, 6.45) is 7.18. The number of allylic oxidation sites excluding steroid dienone is 3. The van der Waals surface area contributed by atoms with E-state index >= 15 is 0 Å². The number of rotatable bonds is 9. The Balaban J connectivity index is 0.00000140. The van der Waals surface area contributed by atoms with Gasteiger partial charge in [0, 0.05) is 24.4 Å². The van der Waals surface area contributed by atoms with Crippen molar-refractivity contribution in [2.45, 2.75) is 61.4 Å². The van der Waals surface area contributed by atoms with E-state index in [-0.39, 0.29) is 5.91 Å². The minimum absolute atomic E-state index is 0.183. The molecule has 0 saturated heterocycles. The highest BCUT2D eigenvalue weighted by Gasteiger charge is 2.22. The van der Waals surface area contributed by atoms with Crippen molar-refractivity contribution in [1.29, 1.82) is 5.26 Å². The molecule has 3 aromatic carbocycles. The molecule has 244 valence electrons. The van der Waals surface area contributed by atoms with Crippen LogP contribution in [0.3, 0.4) is 0 Å². The Morgan fingerprint density at radius 2 is 1.59 bits per heavy atom. The molecule has 0 fully saturated rings. The second-order valence-electron chi connectivity index (χ2n) is 9.88. The van der Waals surface area contributed by atoms with E-state index in [9.17, 15) is 4.79 Å². The molecule has 1 amide bonds. The van der Waals surface area contributed by atoms with E-state index < -0.39 is 0 Å². The quantitative estimate of drug-likeness (QED) is 0.233. The fraction of sp³-hybridized carbons (Fsp3) is 0.300. The highest BCUT2D eigenvalue weighted by Crippen LogP contribution is 2.35. The maximum Gasteiger partial charge on any atom is 0.251 e. The molecule has 0 radical (unpaired) electrons. The molecule has 1 aliphatic rings. The molecule has 0 atom stereocenters. The van der Waals surface area contributed by atoms with E-state index in [2.05, 4.69) is 49.4 Å². The van der Waals surface area contributed by atoms with Gasteiger partial charge >= 0.3 is 0 Å². The van der Waals surface area contributed by atoms with Crippen molar-refractivity contribution in [3.63, 3.8) is 0 Å². The van der Waals surface area contributed by atoms with E-state index in [0.717, 1.165) is 40.1 Å². The molecule has 4 rings (SSSR count). The van der Waals surface area contributed by atoms with Crippen LogP contribution in [-0.2, 0) is 6.54 Å². The van der Waals surface area contributed by atoms with Crippen molar-refractivity contribution in [3.8, 4) is 11.8 Å². The normalized spacial score (nSPS) is 11.7. The lowest BCUT2D eigenvalue weighted by Crippen LogP contribution is -2.34. The van der Waals surface area contributed by atoms with Crippen molar-refractivity contribution >= 4 is 22.9 Å². The summed E-state index contributed by atoms with van der Waals surface area (Å²) in [5.41, 5.74) is 13.6. The molecule has 0 saturated carbocycles. The van der Waals surface area contributed by atoms with E-state index in [1.54, 1.807) is 24.3 Å². The van der Waals surface area contributed by atoms with Gasteiger partial charge in [0.1, 0.15) is 12.4 Å². The topological polar surface area (TPSA) is 91.4 Å². The summed E-state index contributed by atoms with van der Waals surface area (Å²) in [5, 5.41) is 11.9. The van der Waals surface area contributed by atoms with Gasteiger partial charge in [-0.1, -0.05) is 116 Å². The van der Waals surface area contributed by atoms with E-state index in [1.165, 1.54) is 6.42 Å². The predicted octanol–water partition coefficient (Wildman–Crippen LogP) is 9.30. The Hall–Kier alpha value is -5.02. The standard InChI is InChI=1S/C33H32N4O2.C3H8.2C2H6/c1-4-6-30(28-13-11-27(12-14-28)23(3)35)26(5-2)22-37-17-18-39-32-19-29(15-16-31(32)37)33(38)36-21-25-9-7-24(20-34)8-10-25;1-3-2;2*1-2/h4-16,19H,1,3,17-18,21-22,35H2,2H3,(H,36,38);3H2,1-2H3;2*1-2H3/b26-5-,30-6+;;;. The Kier molecular flexibility index (Phi) is 18.4. The third-order valence-corrected chi connectivity index (χ3v) is 6.62. The summed E-state index contributed by atoms with van der Waals surface area (Å²) in [5.74, 6) is 0.500. The zero-order valence-corrected chi connectivity index (χ0v) is 28.8. The van der Waals surface area contributed by atoms with Gasteiger partial charge in [0.15, 0.2) is 0 Å². The molecular formula is C40H52N4O2. The van der Waals surface area contributed by atoms with Gasteiger partial charge in [0.2, 0.25) is 0 Å². The molecule has 1 aliphatic heterocycles. The highest BCUT2D eigenvalue weighted by molar-refractivity contribution is 5.95. The van der Waals surface area contributed by atoms with Crippen LogP contribution >= 0.6 is 0 Å². The highest BCUT2D eigenvalue weighted by atomic mass is 16.5. The third kappa shape index (κ3) is 11.5. The molecule has 3 N–H and O–H groups in total. The summed E-state index contributed by atoms with van der Waals surface area (Å²) in [4.78, 5) is 15.1. The van der Waals surface area contributed by atoms with E-state index in [1.807, 2.05) is 89.2 Å². The van der Waals surface area contributed by atoms with Gasteiger partial charge in [-0.2, -0.15) is 5.26 Å². The number of fused-ring (bicyclic) bond motifs is 1. The fourth-order valence-corrected chi connectivity index (χ4v) is 4.47. The van der Waals surface area contributed by atoms with E-state index in [0.29, 0.717) is 42.3 Å². The molecule has 0 unspecified atom stereocenters. The van der Waals surface area contributed by atoms with Crippen molar-refractivity contribution in [3.05, 3.63) is 132 Å². The van der Waals surface area contributed by atoms with Gasteiger partial charge in [0.05, 0.1) is 23.9 Å². The smallest absolute Gasteiger partial charge is 0.251 e. The van der Waals surface area contributed by atoms with Crippen LogP contribution in [0.4, 0.5) is 5.69 Å². The Morgan fingerprint density at radius 1 is 1.00 bits per heavy atom. The number of anilines is 1. The molecule has 6 heteroatoms. The summed E-state index contributed by atoms with van der Waals surface area (Å²) < 4.78 is 5.95. The number of nitrogens with two attached hydrogens (primary N) is 1. The number of carbonyl (C=O) groups is 1. The molecule has 6 nitrogen and oxygen atoms in total. The van der Waals surface area contributed by atoms with Crippen LogP contribution in [0, 0.1) is 11.3 Å². The second kappa shape index (κ2) is 21.6. The van der Waals surface area contributed by atoms with Crippen LogP contribution in [0.1, 0.15) is 87.5 Å². The van der Waals surface area contributed by atoms with Crippen LogP contribution in [0.15, 0.2) is 104 Å². The van der Waals surface area contributed by atoms with Crippen LogP contribution in [0.2, 0.25) is 0 Å². The van der Waals surface area contributed by atoms with Gasteiger partial charge < -0.3 is 20.7 Å². The maximum absolute atomic E-state index is 12.8. The summed E-state index contributed by atoms with van der Waals surface area (Å²) in [6.45, 7) is 24.3. The minimum Gasteiger partial charge on any atom is -0.490 e. The first kappa shape index (κ1) is 39.0. The van der Waals surface area contributed by atoms with Crippen LogP contribution < -0.4 is 20.7 Å². The lowest BCUT2D eigenvalue weighted by atomic mass is 9.95. The van der Waals surface area contributed by atoms with Gasteiger partial charge in [-0.25, -0.2) is 0 Å². The molecule has 0 aromatic heterocycles. The Morgan fingerprint density at radius 3 is 2.13 bits per heavy atom. The van der Waals surface area contributed by atoms with Crippen molar-refractivity contribution in [1.82, 2.24) is 5.32 Å². The molecule has 3 aromatic rings. The maximum atomic E-state index is 12.8. The first-order valence-corrected chi connectivity index (χ1v) is 16.2. The Labute approximate surface area is 277 Å². The van der Waals surface area contributed by atoms with Crippen LogP contribution in [0.5, 0.6) is 5.75 Å². The average molecular weight is 621 g/mol. The molecular weight excluding hydrogens is 568 g/mol. The monoisotopic (exact) mass is 620 g/mol.